The number of hydrogen-bond donors (Lipinski definition) is 2. The van der Waals surface area contributed by atoms with Gasteiger partial charge in [-0.05, 0) is 37.5 Å². The molecule has 21 heavy (non-hydrogen) atoms. The van der Waals surface area contributed by atoms with Gasteiger partial charge in [0.15, 0.2) is 0 Å². The molecule has 0 spiro atoms. The second kappa shape index (κ2) is 7.20. The van der Waals surface area contributed by atoms with Gasteiger partial charge in [0.1, 0.15) is 5.82 Å². The third-order valence-electron chi connectivity index (χ3n) is 3.77. The molecule has 0 atom stereocenters. The van der Waals surface area contributed by atoms with Gasteiger partial charge < -0.3 is 10.6 Å². The number of aryl methyl sites for hydroxylation is 1. The fourth-order valence-electron chi connectivity index (χ4n) is 2.58. The van der Waals surface area contributed by atoms with Gasteiger partial charge in [0.2, 0.25) is 11.8 Å². The van der Waals surface area contributed by atoms with E-state index in [1.165, 1.54) is 6.07 Å². The molecule has 2 amide bonds. The maximum Gasteiger partial charge on any atom is 0.226 e. The van der Waals surface area contributed by atoms with Crippen molar-refractivity contribution in [1.82, 2.24) is 5.32 Å². The highest BCUT2D eigenvalue weighted by Crippen LogP contribution is 2.24. The van der Waals surface area contributed by atoms with Crippen molar-refractivity contribution in [3.8, 4) is 0 Å². The number of hydrogen-bond acceptors (Lipinski definition) is 2. The zero-order valence-electron chi connectivity index (χ0n) is 12.2. The molecule has 1 aliphatic rings. The summed E-state index contributed by atoms with van der Waals surface area (Å²) < 4.78 is 13.5. The third kappa shape index (κ3) is 4.55. The molecule has 1 aliphatic carbocycles. The fraction of sp³-hybridized carbons (Fsp3) is 0.500. The molecule has 0 bridgehead atoms. The van der Waals surface area contributed by atoms with Crippen LogP contribution in [0.2, 0.25) is 0 Å². The lowest BCUT2D eigenvalue weighted by atomic mass is 10.1. The van der Waals surface area contributed by atoms with Crippen molar-refractivity contribution in [1.29, 1.82) is 0 Å². The largest absolute Gasteiger partial charge is 0.355 e. The highest BCUT2D eigenvalue weighted by atomic mass is 19.1. The number of rotatable bonds is 5. The van der Waals surface area contributed by atoms with Gasteiger partial charge in [-0.1, -0.05) is 18.9 Å². The van der Waals surface area contributed by atoms with E-state index in [1.54, 1.807) is 12.1 Å². The van der Waals surface area contributed by atoms with Crippen molar-refractivity contribution in [3.63, 3.8) is 0 Å². The van der Waals surface area contributed by atoms with Gasteiger partial charge in [0, 0.05) is 18.9 Å². The molecule has 114 valence electrons. The van der Waals surface area contributed by atoms with Crippen LogP contribution in [0.25, 0.3) is 0 Å². The molecule has 0 aliphatic heterocycles. The summed E-state index contributed by atoms with van der Waals surface area (Å²) in [5.74, 6) is -0.625. The number of carbonyl (C=O) groups excluding carboxylic acids is 2. The Morgan fingerprint density at radius 1 is 1.29 bits per heavy atom. The minimum atomic E-state index is -0.455. The minimum Gasteiger partial charge on any atom is -0.355 e. The quantitative estimate of drug-likeness (QED) is 0.876. The number of benzene rings is 1. The van der Waals surface area contributed by atoms with Gasteiger partial charge in [0.25, 0.3) is 0 Å². The lowest BCUT2D eigenvalue weighted by Crippen LogP contribution is -2.32. The van der Waals surface area contributed by atoms with Gasteiger partial charge in [0.05, 0.1) is 5.69 Å². The van der Waals surface area contributed by atoms with E-state index in [4.69, 9.17) is 0 Å². The van der Waals surface area contributed by atoms with Crippen molar-refractivity contribution in [2.45, 2.75) is 39.0 Å². The highest BCUT2D eigenvalue weighted by Gasteiger charge is 2.22. The van der Waals surface area contributed by atoms with Crippen LogP contribution < -0.4 is 10.6 Å². The summed E-state index contributed by atoms with van der Waals surface area (Å²) in [6, 6.07) is 4.56. The summed E-state index contributed by atoms with van der Waals surface area (Å²) in [4.78, 5) is 23.5. The molecule has 2 N–H and O–H groups in total. The molecule has 1 saturated carbocycles. The second-order valence-corrected chi connectivity index (χ2v) is 5.55. The number of amides is 2. The van der Waals surface area contributed by atoms with E-state index < -0.39 is 5.82 Å². The fourth-order valence-corrected chi connectivity index (χ4v) is 2.58. The van der Waals surface area contributed by atoms with E-state index >= 15 is 0 Å². The van der Waals surface area contributed by atoms with Crippen LogP contribution in [-0.4, -0.2) is 18.4 Å². The molecule has 0 heterocycles. The normalized spacial score (nSPS) is 15.0. The lowest BCUT2D eigenvalue weighted by Gasteiger charge is -2.11. The van der Waals surface area contributed by atoms with Gasteiger partial charge in [-0.15, -0.1) is 0 Å². The standard InChI is InChI=1S/C16H21FN2O2/c1-11-6-7-13(17)14(10-11)19-15(20)8-9-18-16(21)12-4-2-3-5-12/h6-7,10,12H,2-5,8-9H2,1H3,(H,18,21)(H,19,20). The molecule has 0 unspecified atom stereocenters. The number of nitrogens with one attached hydrogen (secondary N) is 2. The minimum absolute atomic E-state index is 0.0297. The molecule has 2 rings (SSSR count). The van der Waals surface area contributed by atoms with Crippen LogP contribution in [0, 0.1) is 18.7 Å². The van der Waals surface area contributed by atoms with Crippen molar-refractivity contribution in [2.75, 3.05) is 11.9 Å². The van der Waals surface area contributed by atoms with Crippen LogP contribution >= 0.6 is 0 Å². The smallest absolute Gasteiger partial charge is 0.226 e. The molecule has 1 fully saturated rings. The van der Waals surface area contributed by atoms with E-state index in [1.807, 2.05) is 6.92 Å². The van der Waals surface area contributed by atoms with Crippen molar-refractivity contribution in [3.05, 3.63) is 29.6 Å². The molecule has 0 aromatic heterocycles. The zero-order valence-corrected chi connectivity index (χ0v) is 12.2. The third-order valence-corrected chi connectivity index (χ3v) is 3.77. The Labute approximate surface area is 124 Å². The molecule has 4 nitrogen and oxygen atoms in total. The van der Waals surface area contributed by atoms with Gasteiger partial charge >= 0.3 is 0 Å². The first-order chi connectivity index (χ1) is 10.1. The Balaban J connectivity index is 1.74. The average molecular weight is 292 g/mol. The SMILES string of the molecule is Cc1ccc(F)c(NC(=O)CCNC(=O)C2CCCC2)c1. The second-order valence-electron chi connectivity index (χ2n) is 5.55. The predicted molar refractivity (Wildman–Crippen MR) is 79.4 cm³/mol. The molecule has 5 heteroatoms. The zero-order chi connectivity index (χ0) is 15.2. The number of carbonyl (C=O) groups is 2. The molecule has 1 aromatic carbocycles. The number of halogens is 1. The Morgan fingerprint density at radius 2 is 2.00 bits per heavy atom. The lowest BCUT2D eigenvalue weighted by molar-refractivity contribution is -0.124. The first-order valence-electron chi connectivity index (χ1n) is 7.40. The Bertz CT molecular complexity index is 525. The topological polar surface area (TPSA) is 58.2 Å². The van der Waals surface area contributed by atoms with E-state index in [0.717, 1.165) is 31.2 Å². The van der Waals surface area contributed by atoms with E-state index in [-0.39, 0.29) is 36.4 Å². The van der Waals surface area contributed by atoms with Crippen LogP contribution in [0.1, 0.15) is 37.7 Å². The molecule has 1 aromatic rings. The van der Waals surface area contributed by atoms with Crippen LogP contribution in [-0.2, 0) is 9.59 Å². The maximum atomic E-state index is 13.5. The van der Waals surface area contributed by atoms with Crippen LogP contribution in [0.15, 0.2) is 18.2 Å². The van der Waals surface area contributed by atoms with Crippen molar-refractivity contribution >= 4 is 17.5 Å². The van der Waals surface area contributed by atoms with E-state index in [9.17, 15) is 14.0 Å². The van der Waals surface area contributed by atoms with Crippen molar-refractivity contribution in [2.24, 2.45) is 5.92 Å². The summed E-state index contributed by atoms with van der Waals surface area (Å²) in [6.07, 6.45) is 4.22. The first kappa shape index (κ1) is 15.5. The predicted octanol–water partition coefficient (Wildman–Crippen LogP) is 2.77. The molecular formula is C16H21FN2O2. The van der Waals surface area contributed by atoms with Crippen LogP contribution in [0.5, 0.6) is 0 Å². The summed E-state index contributed by atoms with van der Waals surface area (Å²) in [7, 11) is 0. The number of anilines is 1. The Kier molecular flexibility index (Phi) is 5.31. The summed E-state index contributed by atoms with van der Waals surface area (Å²) in [5.41, 5.74) is 1.06. The Hall–Kier alpha value is -1.91. The van der Waals surface area contributed by atoms with Crippen molar-refractivity contribution < 1.29 is 14.0 Å². The van der Waals surface area contributed by atoms with Crippen LogP contribution in [0.4, 0.5) is 10.1 Å². The van der Waals surface area contributed by atoms with Gasteiger partial charge in [-0.25, -0.2) is 4.39 Å². The molecular weight excluding hydrogens is 271 g/mol. The average Bonchev–Trinajstić information content (AvgIpc) is 2.97. The van der Waals surface area contributed by atoms with E-state index in [0.29, 0.717) is 0 Å². The highest BCUT2D eigenvalue weighted by molar-refractivity contribution is 5.91. The summed E-state index contributed by atoms with van der Waals surface area (Å²) >= 11 is 0. The monoisotopic (exact) mass is 292 g/mol. The maximum absolute atomic E-state index is 13.5. The summed E-state index contributed by atoms with van der Waals surface area (Å²) in [5, 5.41) is 5.30. The summed E-state index contributed by atoms with van der Waals surface area (Å²) in [6.45, 7) is 2.12. The Morgan fingerprint density at radius 3 is 2.71 bits per heavy atom. The van der Waals surface area contributed by atoms with Crippen LogP contribution in [0.3, 0.4) is 0 Å². The molecule has 0 radical (unpaired) electrons. The first-order valence-corrected chi connectivity index (χ1v) is 7.40. The van der Waals surface area contributed by atoms with Gasteiger partial charge in [-0.3, -0.25) is 9.59 Å². The van der Waals surface area contributed by atoms with E-state index in [2.05, 4.69) is 10.6 Å². The molecule has 0 saturated heterocycles. The van der Waals surface area contributed by atoms with Gasteiger partial charge in [-0.2, -0.15) is 0 Å².